The summed E-state index contributed by atoms with van der Waals surface area (Å²) in [5, 5.41) is 3.90. The Labute approximate surface area is 122 Å². The largest absolute Gasteiger partial charge is 0.304 e. The van der Waals surface area contributed by atoms with Crippen LogP contribution in [0.1, 0.15) is 37.1 Å². The van der Waals surface area contributed by atoms with E-state index in [1.165, 1.54) is 6.07 Å². The van der Waals surface area contributed by atoms with Crippen LogP contribution in [-0.2, 0) is 0 Å². The van der Waals surface area contributed by atoms with Crippen LogP contribution in [0.25, 0.3) is 0 Å². The zero-order valence-corrected chi connectivity index (χ0v) is 12.1. The summed E-state index contributed by atoms with van der Waals surface area (Å²) in [7, 11) is 0. The van der Waals surface area contributed by atoms with Gasteiger partial charge in [0.2, 0.25) is 0 Å². The van der Waals surface area contributed by atoms with Crippen LogP contribution in [0.3, 0.4) is 0 Å². The summed E-state index contributed by atoms with van der Waals surface area (Å²) in [6.07, 6.45) is 0. The molecule has 0 aromatic heterocycles. The fourth-order valence-electron chi connectivity index (χ4n) is 2.19. The third kappa shape index (κ3) is 3.35. The van der Waals surface area contributed by atoms with Crippen molar-refractivity contribution in [1.29, 1.82) is 0 Å². The molecule has 0 saturated heterocycles. The van der Waals surface area contributed by atoms with E-state index in [0.717, 1.165) is 11.6 Å². The van der Waals surface area contributed by atoms with Gasteiger partial charge in [-0.25, -0.2) is 8.78 Å². The molecule has 106 valence electrons. The van der Waals surface area contributed by atoms with Crippen molar-refractivity contribution in [2.45, 2.75) is 25.9 Å². The Bertz CT molecular complexity index is 601. The topological polar surface area (TPSA) is 12.0 Å². The van der Waals surface area contributed by atoms with Gasteiger partial charge >= 0.3 is 0 Å². The van der Waals surface area contributed by atoms with Crippen molar-refractivity contribution in [3.8, 4) is 0 Å². The van der Waals surface area contributed by atoms with Crippen LogP contribution in [0.2, 0.25) is 5.02 Å². The van der Waals surface area contributed by atoms with Crippen LogP contribution in [0, 0.1) is 11.6 Å². The van der Waals surface area contributed by atoms with Crippen LogP contribution in [-0.4, -0.2) is 0 Å². The zero-order valence-electron chi connectivity index (χ0n) is 11.3. The summed E-state index contributed by atoms with van der Waals surface area (Å²) in [6.45, 7) is 3.76. The van der Waals surface area contributed by atoms with Gasteiger partial charge in [-0.3, -0.25) is 0 Å². The molecule has 0 radical (unpaired) electrons. The monoisotopic (exact) mass is 295 g/mol. The fourth-order valence-corrected chi connectivity index (χ4v) is 2.39. The number of rotatable bonds is 4. The van der Waals surface area contributed by atoms with Crippen molar-refractivity contribution < 1.29 is 8.78 Å². The lowest BCUT2D eigenvalue weighted by atomic mass is 10.0. The predicted molar refractivity (Wildman–Crippen MR) is 77.8 cm³/mol. The molecular formula is C16H16ClF2N. The van der Waals surface area contributed by atoms with Gasteiger partial charge in [0.15, 0.2) is 11.6 Å². The van der Waals surface area contributed by atoms with Crippen LogP contribution in [0.5, 0.6) is 0 Å². The maximum absolute atomic E-state index is 13.7. The van der Waals surface area contributed by atoms with Crippen LogP contribution >= 0.6 is 11.6 Å². The molecule has 2 aromatic rings. The number of hydrogen-bond acceptors (Lipinski definition) is 1. The molecule has 0 aliphatic rings. The lowest BCUT2D eigenvalue weighted by Gasteiger charge is -2.21. The summed E-state index contributed by atoms with van der Waals surface area (Å²) in [4.78, 5) is 0. The maximum Gasteiger partial charge on any atom is 0.163 e. The molecule has 4 heteroatoms. The second-order valence-corrected chi connectivity index (χ2v) is 5.24. The van der Waals surface area contributed by atoms with Crippen LogP contribution in [0.4, 0.5) is 8.78 Å². The molecule has 20 heavy (non-hydrogen) atoms. The van der Waals surface area contributed by atoms with Crippen molar-refractivity contribution in [1.82, 2.24) is 5.32 Å². The van der Waals surface area contributed by atoms with E-state index >= 15 is 0 Å². The van der Waals surface area contributed by atoms with E-state index in [-0.39, 0.29) is 12.1 Å². The Morgan fingerprint density at radius 3 is 2.40 bits per heavy atom. The molecule has 2 atom stereocenters. The minimum absolute atomic E-state index is 0.0219. The molecule has 1 nitrogen and oxygen atoms in total. The molecule has 0 aliphatic heterocycles. The second kappa shape index (κ2) is 6.33. The Kier molecular flexibility index (Phi) is 4.73. The van der Waals surface area contributed by atoms with Crippen molar-refractivity contribution in [2.24, 2.45) is 0 Å². The second-order valence-electron chi connectivity index (χ2n) is 4.81. The highest BCUT2D eigenvalue weighted by Crippen LogP contribution is 2.24. The normalized spacial score (nSPS) is 14.1. The van der Waals surface area contributed by atoms with Gasteiger partial charge in [0.05, 0.1) is 0 Å². The summed E-state index contributed by atoms with van der Waals surface area (Å²) in [5.74, 6) is -1.63. The average Bonchev–Trinajstić information content (AvgIpc) is 2.41. The van der Waals surface area contributed by atoms with E-state index in [9.17, 15) is 8.78 Å². The molecule has 2 rings (SSSR count). The highest BCUT2D eigenvalue weighted by atomic mass is 35.5. The van der Waals surface area contributed by atoms with E-state index in [1.807, 2.05) is 25.1 Å². The van der Waals surface area contributed by atoms with Crippen molar-refractivity contribution >= 4 is 11.6 Å². The first-order valence-electron chi connectivity index (χ1n) is 6.44. The van der Waals surface area contributed by atoms with Crippen molar-refractivity contribution in [3.63, 3.8) is 0 Å². The van der Waals surface area contributed by atoms with Gasteiger partial charge in [-0.1, -0.05) is 35.9 Å². The Hall–Kier alpha value is -1.45. The lowest BCUT2D eigenvalue weighted by molar-refractivity contribution is 0.449. The van der Waals surface area contributed by atoms with Crippen molar-refractivity contribution in [3.05, 3.63) is 70.2 Å². The van der Waals surface area contributed by atoms with Gasteiger partial charge in [0, 0.05) is 22.7 Å². The molecule has 1 unspecified atom stereocenters. The number of benzene rings is 2. The maximum atomic E-state index is 13.7. The summed E-state index contributed by atoms with van der Waals surface area (Å²) < 4.78 is 27.0. The SMILES string of the molecule is CC(N[C@@H](C)c1cccc(Cl)c1)c1cccc(F)c1F. The van der Waals surface area contributed by atoms with Crippen LogP contribution < -0.4 is 5.32 Å². The van der Waals surface area contributed by atoms with Gasteiger partial charge in [-0.15, -0.1) is 0 Å². The summed E-state index contributed by atoms with van der Waals surface area (Å²) in [5.41, 5.74) is 1.32. The summed E-state index contributed by atoms with van der Waals surface area (Å²) in [6, 6.07) is 11.3. The smallest absolute Gasteiger partial charge is 0.163 e. The molecule has 0 bridgehead atoms. The third-order valence-electron chi connectivity index (χ3n) is 3.30. The van der Waals surface area contributed by atoms with Gasteiger partial charge in [-0.2, -0.15) is 0 Å². The predicted octanol–water partition coefficient (Wildman–Crippen LogP) is 5.03. The Balaban J connectivity index is 2.15. The van der Waals surface area contributed by atoms with Gasteiger partial charge < -0.3 is 5.32 Å². The van der Waals surface area contributed by atoms with Gasteiger partial charge in [0.25, 0.3) is 0 Å². The molecule has 0 amide bonds. The first-order chi connectivity index (χ1) is 9.49. The van der Waals surface area contributed by atoms with Gasteiger partial charge in [0.1, 0.15) is 0 Å². The molecule has 1 N–H and O–H groups in total. The first-order valence-corrected chi connectivity index (χ1v) is 6.82. The van der Waals surface area contributed by atoms with E-state index in [0.29, 0.717) is 10.6 Å². The molecule has 0 heterocycles. The molecule has 0 spiro atoms. The molecule has 0 aliphatic carbocycles. The highest BCUT2D eigenvalue weighted by molar-refractivity contribution is 6.30. The number of hydrogen-bond donors (Lipinski definition) is 1. The quantitative estimate of drug-likeness (QED) is 0.834. The number of halogens is 3. The average molecular weight is 296 g/mol. The standard InChI is InChI=1S/C16H16ClF2N/c1-10(12-5-3-6-13(17)9-12)20-11(2)14-7-4-8-15(18)16(14)19/h3-11,20H,1-2H3/t10-,11?/m0/s1. The van der Waals surface area contributed by atoms with Gasteiger partial charge in [-0.05, 0) is 37.6 Å². The Morgan fingerprint density at radius 2 is 1.70 bits per heavy atom. The minimum Gasteiger partial charge on any atom is -0.304 e. The highest BCUT2D eigenvalue weighted by Gasteiger charge is 2.16. The van der Waals surface area contributed by atoms with E-state index in [4.69, 9.17) is 11.6 Å². The van der Waals surface area contributed by atoms with Crippen LogP contribution in [0.15, 0.2) is 42.5 Å². The summed E-state index contributed by atoms with van der Waals surface area (Å²) >= 11 is 5.95. The van der Waals surface area contributed by atoms with Crippen molar-refractivity contribution in [2.75, 3.05) is 0 Å². The fraction of sp³-hybridized carbons (Fsp3) is 0.250. The third-order valence-corrected chi connectivity index (χ3v) is 3.53. The van der Waals surface area contributed by atoms with E-state index in [1.54, 1.807) is 19.1 Å². The first kappa shape index (κ1) is 14.9. The minimum atomic E-state index is -0.827. The zero-order chi connectivity index (χ0) is 14.7. The Morgan fingerprint density at radius 1 is 1.00 bits per heavy atom. The molecule has 0 saturated carbocycles. The lowest BCUT2D eigenvalue weighted by Crippen LogP contribution is -2.23. The molecule has 0 fully saturated rings. The van der Waals surface area contributed by atoms with E-state index in [2.05, 4.69) is 5.32 Å². The number of nitrogens with one attached hydrogen (secondary N) is 1. The van der Waals surface area contributed by atoms with E-state index < -0.39 is 11.6 Å². The molecular weight excluding hydrogens is 280 g/mol. The molecule has 2 aromatic carbocycles.